The molecule has 0 saturated carbocycles. The third kappa shape index (κ3) is 10.6. The molecule has 45 heavy (non-hydrogen) atoms. The molecule has 1 heterocycles. The lowest BCUT2D eigenvalue weighted by molar-refractivity contribution is -0.314. The van der Waals surface area contributed by atoms with E-state index in [2.05, 4.69) is 10.6 Å². The molecule has 0 aliphatic carbocycles. The Bertz CT molecular complexity index is 1260. The molecule has 0 bridgehead atoms. The number of ether oxygens (including phenoxy) is 5. The molecular formula is C32H46N2O11. The number of hydrogen-bond acceptors (Lipinski definition) is 11. The van der Waals surface area contributed by atoms with Crippen molar-refractivity contribution in [3.8, 4) is 16.9 Å². The summed E-state index contributed by atoms with van der Waals surface area (Å²) in [5, 5.41) is 46.1. The Morgan fingerprint density at radius 1 is 0.956 bits per heavy atom. The molecular weight excluding hydrogens is 588 g/mol. The van der Waals surface area contributed by atoms with E-state index in [9.17, 15) is 30.0 Å². The van der Waals surface area contributed by atoms with Crippen LogP contribution in [0.15, 0.2) is 42.5 Å². The molecule has 1 aliphatic rings. The highest BCUT2D eigenvalue weighted by atomic mass is 16.7. The van der Waals surface area contributed by atoms with Crippen LogP contribution in [-0.4, -0.2) is 114 Å². The Kier molecular flexibility index (Phi) is 13.1. The van der Waals surface area contributed by atoms with E-state index >= 15 is 0 Å². The molecule has 2 amide bonds. The fourth-order valence-electron chi connectivity index (χ4n) is 4.48. The lowest BCUT2D eigenvalue weighted by atomic mass is 9.88. The zero-order valence-electron chi connectivity index (χ0n) is 26.4. The summed E-state index contributed by atoms with van der Waals surface area (Å²) in [5.41, 5.74) is 0.302. The average molecular weight is 635 g/mol. The number of carbonyl (C=O) groups excluding carboxylic acids is 2. The zero-order chi connectivity index (χ0) is 33.2. The Morgan fingerprint density at radius 2 is 1.60 bits per heavy atom. The molecule has 6 N–H and O–H groups in total. The smallest absolute Gasteiger partial charge is 0.407 e. The van der Waals surface area contributed by atoms with E-state index in [0.717, 1.165) is 11.1 Å². The minimum Gasteiger partial charge on any atom is -0.461 e. The third-order valence-electron chi connectivity index (χ3n) is 6.94. The van der Waals surface area contributed by atoms with Crippen LogP contribution in [0.4, 0.5) is 4.79 Å². The summed E-state index contributed by atoms with van der Waals surface area (Å²) in [6.45, 7) is 9.84. The molecule has 2 aromatic rings. The maximum atomic E-state index is 12.7. The molecule has 3 rings (SSSR count). The van der Waals surface area contributed by atoms with E-state index < -0.39 is 48.5 Å². The highest BCUT2D eigenvalue weighted by Gasteiger charge is 2.53. The summed E-state index contributed by atoms with van der Waals surface area (Å²) in [4.78, 5) is 24.3. The van der Waals surface area contributed by atoms with Crippen molar-refractivity contribution in [1.29, 1.82) is 0 Å². The number of aryl methyl sites for hydroxylation is 1. The number of amides is 2. The van der Waals surface area contributed by atoms with Crippen molar-refractivity contribution in [3.63, 3.8) is 0 Å². The summed E-state index contributed by atoms with van der Waals surface area (Å²) in [6, 6.07) is 12.5. The van der Waals surface area contributed by atoms with Crippen LogP contribution in [0.25, 0.3) is 11.1 Å². The fraction of sp³-hybridized carbons (Fsp3) is 0.562. The minimum atomic E-state index is -1.93. The van der Waals surface area contributed by atoms with E-state index in [4.69, 9.17) is 23.7 Å². The topological polar surface area (TPSA) is 185 Å². The van der Waals surface area contributed by atoms with Gasteiger partial charge < -0.3 is 54.7 Å². The van der Waals surface area contributed by atoms with Gasteiger partial charge in [-0.15, -0.1) is 0 Å². The van der Waals surface area contributed by atoms with Crippen LogP contribution < -0.4 is 15.4 Å². The van der Waals surface area contributed by atoms with Gasteiger partial charge in [-0.1, -0.05) is 18.2 Å². The molecule has 250 valence electrons. The number of rotatable bonds is 14. The van der Waals surface area contributed by atoms with E-state index in [1.54, 1.807) is 58.0 Å². The van der Waals surface area contributed by atoms with Crippen LogP contribution in [-0.2, 0) is 18.9 Å². The van der Waals surface area contributed by atoms with Gasteiger partial charge in [0, 0.05) is 18.7 Å². The predicted octanol–water partition coefficient (Wildman–Crippen LogP) is 1.52. The van der Waals surface area contributed by atoms with Gasteiger partial charge >= 0.3 is 6.09 Å². The van der Waals surface area contributed by atoms with Crippen molar-refractivity contribution < 1.29 is 53.7 Å². The average Bonchev–Trinajstić information content (AvgIpc) is 2.98. The van der Waals surface area contributed by atoms with Crippen LogP contribution in [0.2, 0.25) is 0 Å². The van der Waals surface area contributed by atoms with Crippen LogP contribution >= 0.6 is 0 Å². The molecule has 5 atom stereocenters. The van der Waals surface area contributed by atoms with Crippen molar-refractivity contribution in [1.82, 2.24) is 10.6 Å². The molecule has 0 aromatic heterocycles. The largest absolute Gasteiger partial charge is 0.461 e. The van der Waals surface area contributed by atoms with E-state index in [-0.39, 0.29) is 5.91 Å². The van der Waals surface area contributed by atoms with E-state index in [1.807, 2.05) is 12.1 Å². The van der Waals surface area contributed by atoms with Crippen molar-refractivity contribution in [2.45, 2.75) is 70.4 Å². The summed E-state index contributed by atoms with van der Waals surface area (Å²) < 4.78 is 27.4. The second kappa shape index (κ2) is 16.3. The number of aliphatic hydroxyl groups is 4. The van der Waals surface area contributed by atoms with E-state index in [1.165, 1.54) is 6.92 Å². The number of hydrogen-bond donors (Lipinski definition) is 6. The highest BCUT2D eigenvalue weighted by molar-refractivity contribution is 5.95. The quantitative estimate of drug-likeness (QED) is 0.166. The van der Waals surface area contributed by atoms with E-state index in [0.29, 0.717) is 56.4 Å². The molecule has 13 heteroatoms. The number of nitrogens with one attached hydrogen (secondary N) is 2. The van der Waals surface area contributed by atoms with Gasteiger partial charge in [0.05, 0.1) is 33.0 Å². The number of aliphatic hydroxyl groups excluding tert-OH is 3. The molecule has 0 unspecified atom stereocenters. The SMILES string of the molecule is Cc1cc(-c2cccc(C(=O)NCCOCCOCCNC(=O)OC(C)(C)C)c2)ccc1O[C@H]1O[C@H](CO)[C@@H](O)[C@H](O)[C@@]1(C)O. The van der Waals surface area contributed by atoms with Crippen molar-refractivity contribution in [2.75, 3.05) is 46.1 Å². The zero-order valence-corrected chi connectivity index (χ0v) is 26.4. The van der Waals surface area contributed by atoms with Crippen LogP contribution in [0.1, 0.15) is 43.6 Å². The minimum absolute atomic E-state index is 0.252. The predicted molar refractivity (Wildman–Crippen MR) is 164 cm³/mol. The first-order valence-electron chi connectivity index (χ1n) is 14.9. The van der Waals surface area contributed by atoms with Gasteiger partial charge in [-0.3, -0.25) is 4.79 Å². The van der Waals surface area contributed by atoms with Crippen LogP contribution in [0.5, 0.6) is 5.75 Å². The molecule has 1 saturated heterocycles. The molecule has 2 aromatic carbocycles. The molecule has 1 fully saturated rings. The molecule has 0 spiro atoms. The Balaban J connectivity index is 1.43. The van der Waals surface area contributed by atoms with Crippen molar-refractivity contribution >= 4 is 12.0 Å². The first kappa shape index (κ1) is 36.2. The molecule has 0 radical (unpaired) electrons. The summed E-state index contributed by atoms with van der Waals surface area (Å²) in [5.74, 6) is 0.124. The molecule has 1 aliphatic heterocycles. The summed E-state index contributed by atoms with van der Waals surface area (Å²) >= 11 is 0. The van der Waals surface area contributed by atoms with Crippen molar-refractivity contribution in [2.24, 2.45) is 0 Å². The second-order valence-electron chi connectivity index (χ2n) is 11.9. The Hall–Kier alpha value is -3.30. The third-order valence-corrected chi connectivity index (χ3v) is 6.94. The highest BCUT2D eigenvalue weighted by Crippen LogP contribution is 2.34. The number of alkyl carbamates (subject to hydrolysis) is 1. The monoisotopic (exact) mass is 634 g/mol. The lowest BCUT2D eigenvalue weighted by Gasteiger charge is -2.45. The van der Waals surface area contributed by atoms with Gasteiger partial charge in [0.25, 0.3) is 5.91 Å². The number of carbonyl (C=O) groups is 2. The lowest BCUT2D eigenvalue weighted by Crippen LogP contribution is -2.66. The van der Waals surface area contributed by atoms with Crippen LogP contribution in [0.3, 0.4) is 0 Å². The summed E-state index contributed by atoms with van der Waals surface area (Å²) in [7, 11) is 0. The fourth-order valence-corrected chi connectivity index (χ4v) is 4.48. The first-order valence-corrected chi connectivity index (χ1v) is 14.9. The van der Waals surface area contributed by atoms with Crippen molar-refractivity contribution in [3.05, 3.63) is 53.6 Å². The maximum Gasteiger partial charge on any atom is 0.407 e. The van der Waals surface area contributed by atoms with Gasteiger partial charge in [0.15, 0.2) is 5.60 Å². The van der Waals surface area contributed by atoms with Gasteiger partial charge in [0.2, 0.25) is 6.29 Å². The first-order chi connectivity index (χ1) is 21.2. The number of benzene rings is 2. The Morgan fingerprint density at radius 3 is 2.22 bits per heavy atom. The standard InChI is InChI=1S/C32H46N2O11/c1-20-17-22(9-10-24(20)43-29-32(5,40)27(37)26(36)25(19-35)44-29)21-7-6-8-23(18-21)28(38)33-11-13-41-15-16-42-14-12-34-30(39)45-31(2,3)4/h6-10,17-18,25-27,29,35-37,40H,11-16,19H2,1-5H3,(H,33,38)(H,34,39)/t25-,26-,27+,29+,32-/m1/s1. The van der Waals surface area contributed by atoms with Crippen LogP contribution in [0, 0.1) is 6.92 Å². The Labute approximate surface area is 263 Å². The normalized spacial score (nSPS) is 23.3. The maximum absolute atomic E-state index is 12.7. The van der Waals surface area contributed by atoms with Gasteiger partial charge in [-0.2, -0.15) is 0 Å². The van der Waals surface area contributed by atoms with Gasteiger partial charge in [-0.25, -0.2) is 4.79 Å². The van der Waals surface area contributed by atoms with Gasteiger partial charge in [0.1, 0.15) is 29.7 Å². The second-order valence-corrected chi connectivity index (χ2v) is 11.9. The summed E-state index contributed by atoms with van der Waals surface area (Å²) in [6.07, 6.45) is -6.02. The van der Waals surface area contributed by atoms with Gasteiger partial charge in [-0.05, 0) is 75.6 Å². The molecule has 13 nitrogen and oxygen atoms in total.